The van der Waals surface area contributed by atoms with Gasteiger partial charge in [0.15, 0.2) is 0 Å². The monoisotopic (exact) mass is 326 g/mol. The van der Waals surface area contributed by atoms with Gasteiger partial charge in [0.25, 0.3) is 0 Å². The van der Waals surface area contributed by atoms with E-state index in [4.69, 9.17) is 16.9 Å². The van der Waals surface area contributed by atoms with Gasteiger partial charge in [-0.1, -0.05) is 23.7 Å². The number of carbonyl (C=O) groups is 1. The van der Waals surface area contributed by atoms with Gasteiger partial charge < -0.3 is 15.4 Å². The summed E-state index contributed by atoms with van der Waals surface area (Å²) < 4.78 is 0. The van der Waals surface area contributed by atoms with Crippen molar-refractivity contribution in [1.82, 2.24) is 9.97 Å². The number of benzene rings is 2. The van der Waals surface area contributed by atoms with Crippen LogP contribution in [0, 0.1) is 18.3 Å². The molecule has 0 aliphatic rings. The maximum atomic E-state index is 11.4. The van der Waals surface area contributed by atoms with Crippen LogP contribution in [0.2, 0.25) is 5.02 Å². The number of H-pyrrole nitrogens is 1. The van der Waals surface area contributed by atoms with Crippen molar-refractivity contribution in [2.45, 2.75) is 6.92 Å². The highest BCUT2D eigenvalue weighted by molar-refractivity contribution is 6.34. The first-order chi connectivity index (χ1) is 11.0. The number of aromatic amines is 1. The van der Waals surface area contributed by atoms with E-state index in [2.05, 4.69) is 15.3 Å². The number of carboxylic acid groups (broad SMARTS) is 1. The number of rotatable bonds is 3. The van der Waals surface area contributed by atoms with E-state index in [9.17, 15) is 9.90 Å². The number of carboxylic acids is 1. The zero-order valence-electron chi connectivity index (χ0n) is 12.0. The first-order valence-corrected chi connectivity index (χ1v) is 7.06. The molecule has 0 saturated heterocycles. The Balaban J connectivity index is 2.10. The lowest BCUT2D eigenvalue weighted by molar-refractivity contribution is 0.0699. The number of nitriles is 1. The number of hydrogen-bond donors (Lipinski definition) is 3. The smallest absolute Gasteiger partial charge is 0.337 e. The molecule has 1 aromatic heterocycles. The third-order valence-corrected chi connectivity index (χ3v) is 3.90. The van der Waals surface area contributed by atoms with E-state index in [1.807, 2.05) is 25.1 Å². The summed E-state index contributed by atoms with van der Waals surface area (Å²) >= 11 is 6.23. The Morgan fingerprint density at radius 1 is 1.43 bits per heavy atom. The highest BCUT2D eigenvalue weighted by Gasteiger charge is 2.15. The van der Waals surface area contributed by atoms with E-state index in [0.717, 1.165) is 5.56 Å². The van der Waals surface area contributed by atoms with E-state index < -0.39 is 5.97 Å². The van der Waals surface area contributed by atoms with Crippen molar-refractivity contribution in [2.24, 2.45) is 0 Å². The largest absolute Gasteiger partial charge is 0.478 e. The molecule has 0 amide bonds. The molecular weight excluding hydrogens is 316 g/mol. The Bertz CT molecular complexity index is 972. The molecule has 7 heteroatoms. The number of fused-ring (bicyclic) bond motifs is 1. The summed E-state index contributed by atoms with van der Waals surface area (Å²) in [6.45, 7) is 1.88. The van der Waals surface area contributed by atoms with Crippen LogP contribution in [0.15, 0.2) is 30.3 Å². The predicted octanol–water partition coefficient (Wildman–Crippen LogP) is 3.84. The SMILES string of the molecule is Cc1cccc(Nc2nc3cc(C#N)cc(C(=O)O)c3[nH]2)c1Cl. The van der Waals surface area contributed by atoms with Gasteiger partial charge in [0.05, 0.1) is 38.9 Å². The van der Waals surface area contributed by atoms with Gasteiger partial charge in [0, 0.05) is 0 Å². The fourth-order valence-electron chi connectivity index (χ4n) is 2.28. The molecular formula is C16H11ClN4O2. The van der Waals surface area contributed by atoms with E-state index in [-0.39, 0.29) is 11.1 Å². The van der Waals surface area contributed by atoms with E-state index in [0.29, 0.717) is 27.7 Å². The zero-order chi connectivity index (χ0) is 16.6. The van der Waals surface area contributed by atoms with Crippen LogP contribution in [-0.2, 0) is 0 Å². The summed E-state index contributed by atoms with van der Waals surface area (Å²) in [7, 11) is 0. The number of halogens is 1. The molecule has 3 rings (SSSR count). The van der Waals surface area contributed by atoms with Crippen LogP contribution in [0.25, 0.3) is 11.0 Å². The predicted molar refractivity (Wildman–Crippen MR) is 87.2 cm³/mol. The number of aromatic nitrogens is 2. The average molecular weight is 327 g/mol. The molecule has 114 valence electrons. The number of aromatic carboxylic acids is 1. The minimum absolute atomic E-state index is 0.00469. The van der Waals surface area contributed by atoms with Crippen LogP contribution in [0.1, 0.15) is 21.5 Å². The van der Waals surface area contributed by atoms with Crippen LogP contribution < -0.4 is 5.32 Å². The molecule has 3 N–H and O–H groups in total. The Morgan fingerprint density at radius 3 is 2.91 bits per heavy atom. The standard InChI is InChI=1S/C16H11ClN4O2/c1-8-3-2-4-11(13(8)17)19-16-20-12-6-9(7-18)5-10(15(22)23)14(12)21-16/h2-6H,1H3,(H,22,23)(H2,19,20,21). The molecule has 23 heavy (non-hydrogen) atoms. The maximum Gasteiger partial charge on any atom is 0.337 e. The highest BCUT2D eigenvalue weighted by atomic mass is 35.5. The van der Waals surface area contributed by atoms with E-state index in [1.165, 1.54) is 12.1 Å². The molecule has 1 heterocycles. The summed E-state index contributed by atoms with van der Waals surface area (Å²) in [5.74, 6) is -0.777. The van der Waals surface area contributed by atoms with Crippen molar-refractivity contribution >= 4 is 40.2 Å². The second kappa shape index (κ2) is 5.63. The van der Waals surface area contributed by atoms with Crippen molar-refractivity contribution in [1.29, 1.82) is 5.26 Å². The molecule has 0 spiro atoms. The number of hydrogen-bond acceptors (Lipinski definition) is 4. The van der Waals surface area contributed by atoms with Crippen molar-refractivity contribution < 1.29 is 9.90 Å². The van der Waals surface area contributed by atoms with Gasteiger partial charge in [-0.2, -0.15) is 5.26 Å². The van der Waals surface area contributed by atoms with Crippen LogP contribution in [-0.4, -0.2) is 21.0 Å². The number of nitrogens with zero attached hydrogens (tertiary/aromatic N) is 2. The number of imidazole rings is 1. The topological polar surface area (TPSA) is 102 Å². The minimum Gasteiger partial charge on any atom is -0.478 e. The Kier molecular flexibility index (Phi) is 3.64. The Hall–Kier alpha value is -3.04. The fourth-order valence-corrected chi connectivity index (χ4v) is 2.45. The molecule has 0 fully saturated rings. The van der Waals surface area contributed by atoms with Crippen molar-refractivity contribution in [2.75, 3.05) is 5.32 Å². The number of aryl methyl sites for hydroxylation is 1. The Morgan fingerprint density at radius 2 is 2.22 bits per heavy atom. The van der Waals surface area contributed by atoms with Gasteiger partial charge in [-0.05, 0) is 30.7 Å². The molecule has 0 aliphatic carbocycles. The highest BCUT2D eigenvalue weighted by Crippen LogP contribution is 2.29. The van der Waals surface area contributed by atoms with Crippen molar-refractivity contribution in [3.63, 3.8) is 0 Å². The summed E-state index contributed by atoms with van der Waals surface area (Å²) in [4.78, 5) is 18.6. The molecule has 6 nitrogen and oxygen atoms in total. The quantitative estimate of drug-likeness (QED) is 0.678. The second-order valence-electron chi connectivity index (χ2n) is 4.98. The van der Waals surface area contributed by atoms with E-state index >= 15 is 0 Å². The van der Waals surface area contributed by atoms with Crippen molar-refractivity contribution in [3.05, 3.63) is 52.0 Å². The number of anilines is 2. The third kappa shape index (κ3) is 2.70. The molecule has 0 saturated carbocycles. The summed E-state index contributed by atoms with van der Waals surface area (Å²) in [6, 6.07) is 10.3. The molecule has 0 radical (unpaired) electrons. The molecule has 2 aromatic carbocycles. The summed E-state index contributed by atoms with van der Waals surface area (Å²) in [5, 5.41) is 21.9. The van der Waals surface area contributed by atoms with Gasteiger partial charge in [-0.25, -0.2) is 9.78 Å². The molecule has 0 atom stereocenters. The zero-order valence-corrected chi connectivity index (χ0v) is 12.8. The minimum atomic E-state index is -1.13. The summed E-state index contributed by atoms with van der Waals surface area (Å²) in [5.41, 5.74) is 2.54. The van der Waals surface area contributed by atoms with E-state index in [1.54, 1.807) is 6.07 Å². The van der Waals surface area contributed by atoms with Crippen LogP contribution >= 0.6 is 11.6 Å². The van der Waals surface area contributed by atoms with Gasteiger partial charge >= 0.3 is 5.97 Å². The first kappa shape index (κ1) is 14.9. The maximum absolute atomic E-state index is 11.4. The lowest BCUT2D eigenvalue weighted by Gasteiger charge is -2.07. The van der Waals surface area contributed by atoms with Gasteiger partial charge in [0.2, 0.25) is 5.95 Å². The number of nitrogens with one attached hydrogen (secondary N) is 2. The van der Waals surface area contributed by atoms with Crippen molar-refractivity contribution in [3.8, 4) is 6.07 Å². The first-order valence-electron chi connectivity index (χ1n) is 6.69. The fraction of sp³-hybridized carbons (Fsp3) is 0.0625. The van der Waals surface area contributed by atoms with Crippen LogP contribution in [0.3, 0.4) is 0 Å². The van der Waals surface area contributed by atoms with Gasteiger partial charge in [0.1, 0.15) is 0 Å². The lowest BCUT2D eigenvalue weighted by atomic mass is 10.1. The second-order valence-corrected chi connectivity index (χ2v) is 5.36. The normalized spacial score (nSPS) is 10.5. The van der Waals surface area contributed by atoms with Gasteiger partial charge in [-0.15, -0.1) is 0 Å². The molecule has 0 aliphatic heterocycles. The summed E-state index contributed by atoms with van der Waals surface area (Å²) in [6.07, 6.45) is 0. The van der Waals surface area contributed by atoms with Crippen LogP contribution in [0.4, 0.5) is 11.6 Å². The van der Waals surface area contributed by atoms with Crippen LogP contribution in [0.5, 0.6) is 0 Å². The molecule has 0 bridgehead atoms. The molecule has 3 aromatic rings. The third-order valence-electron chi connectivity index (χ3n) is 3.40. The Labute approximate surface area is 136 Å². The lowest BCUT2D eigenvalue weighted by Crippen LogP contribution is -1.98. The average Bonchev–Trinajstić information content (AvgIpc) is 2.92. The van der Waals surface area contributed by atoms with Gasteiger partial charge in [-0.3, -0.25) is 0 Å². The molecule has 0 unspecified atom stereocenters.